The molecule has 5 heteroatoms. The van der Waals surface area contributed by atoms with Crippen molar-refractivity contribution in [2.75, 3.05) is 25.5 Å². The number of nitrogens with zero attached hydrogens (tertiary/aromatic N) is 1. The zero-order valence-corrected chi connectivity index (χ0v) is 14.0. The highest BCUT2D eigenvalue weighted by atomic mass is 16.5. The van der Waals surface area contributed by atoms with Crippen molar-refractivity contribution in [2.24, 2.45) is 0 Å². The number of methoxy groups -OCH3 is 1. The number of likely N-dealkylation sites (tertiary alicyclic amines) is 1. The molecule has 1 fully saturated rings. The van der Waals surface area contributed by atoms with Crippen molar-refractivity contribution in [3.05, 3.63) is 29.8 Å². The van der Waals surface area contributed by atoms with E-state index in [4.69, 9.17) is 4.74 Å². The Labute approximate surface area is 138 Å². The van der Waals surface area contributed by atoms with Crippen LogP contribution in [0.15, 0.2) is 24.3 Å². The number of anilines is 1. The zero-order chi connectivity index (χ0) is 16.7. The molecule has 5 nitrogen and oxygen atoms in total. The summed E-state index contributed by atoms with van der Waals surface area (Å²) in [6, 6.07) is 7.58. The molecular formula is C18H26N2O3. The number of rotatable bonds is 6. The molecule has 1 aromatic rings. The van der Waals surface area contributed by atoms with Crippen LogP contribution >= 0.6 is 0 Å². The van der Waals surface area contributed by atoms with E-state index in [1.807, 2.05) is 17.0 Å². The van der Waals surface area contributed by atoms with Crippen LogP contribution in [0.2, 0.25) is 0 Å². The first kappa shape index (κ1) is 17.3. The molecule has 126 valence electrons. The molecule has 1 amide bonds. The number of amides is 1. The molecule has 0 spiro atoms. The molecule has 0 radical (unpaired) electrons. The fourth-order valence-electron chi connectivity index (χ4n) is 3.13. The standard InChI is InChI=1S/C18H26N2O3/c1-3-14-8-6-7-13-20(14)17(21)11-12-19-16-10-5-4-9-15(16)18(22)23-2/h4-5,9-10,14,19H,3,6-8,11-13H2,1-2H3. The van der Waals surface area contributed by atoms with Gasteiger partial charge < -0.3 is 15.0 Å². The number of hydrogen-bond donors (Lipinski definition) is 1. The number of ether oxygens (including phenoxy) is 1. The van der Waals surface area contributed by atoms with Crippen molar-refractivity contribution in [3.8, 4) is 0 Å². The fourth-order valence-corrected chi connectivity index (χ4v) is 3.13. The Kier molecular flexibility index (Phi) is 6.44. The topological polar surface area (TPSA) is 58.6 Å². The summed E-state index contributed by atoms with van der Waals surface area (Å²) in [5.41, 5.74) is 1.20. The van der Waals surface area contributed by atoms with Crippen LogP contribution in [0.25, 0.3) is 0 Å². The predicted molar refractivity (Wildman–Crippen MR) is 90.5 cm³/mol. The van der Waals surface area contributed by atoms with Gasteiger partial charge in [0.2, 0.25) is 5.91 Å². The molecule has 23 heavy (non-hydrogen) atoms. The van der Waals surface area contributed by atoms with Gasteiger partial charge in [0.05, 0.1) is 12.7 Å². The van der Waals surface area contributed by atoms with E-state index in [1.54, 1.807) is 12.1 Å². The van der Waals surface area contributed by atoms with Crippen molar-refractivity contribution < 1.29 is 14.3 Å². The molecule has 1 aromatic carbocycles. The molecule has 0 bridgehead atoms. The smallest absolute Gasteiger partial charge is 0.339 e. The van der Waals surface area contributed by atoms with E-state index in [0.717, 1.165) is 25.8 Å². The summed E-state index contributed by atoms with van der Waals surface area (Å²) in [7, 11) is 1.36. The van der Waals surface area contributed by atoms with Gasteiger partial charge in [-0.3, -0.25) is 4.79 Å². The van der Waals surface area contributed by atoms with Crippen molar-refractivity contribution in [1.29, 1.82) is 0 Å². The zero-order valence-electron chi connectivity index (χ0n) is 14.0. The minimum atomic E-state index is -0.374. The summed E-state index contributed by atoms with van der Waals surface area (Å²) >= 11 is 0. The van der Waals surface area contributed by atoms with Gasteiger partial charge in [0.25, 0.3) is 0 Å². The van der Waals surface area contributed by atoms with E-state index >= 15 is 0 Å². The molecular weight excluding hydrogens is 292 g/mol. The number of benzene rings is 1. The first-order valence-corrected chi connectivity index (χ1v) is 8.38. The fraction of sp³-hybridized carbons (Fsp3) is 0.556. The number of nitrogens with one attached hydrogen (secondary N) is 1. The molecule has 1 aliphatic heterocycles. The summed E-state index contributed by atoms with van der Waals surface area (Å²) in [5.74, 6) is -0.180. The Morgan fingerprint density at radius 1 is 1.30 bits per heavy atom. The molecule has 1 atom stereocenters. The maximum Gasteiger partial charge on any atom is 0.339 e. The predicted octanol–water partition coefficient (Wildman–Crippen LogP) is 3.07. The average Bonchev–Trinajstić information content (AvgIpc) is 2.61. The van der Waals surface area contributed by atoms with Gasteiger partial charge in [-0.25, -0.2) is 4.79 Å². The number of carbonyl (C=O) groups excluding carboxylic acids is 2. The van der Waals surface area contributed by atoms with Gasteiger partial charge in [0.1, 0.15) is 0 Å². The molecule has 0 saturated carbocycles. The van der Waals surface area contributed by atoms with Gasteiger partial charge in [0.15, 0.2) is 0 Å². The molecule has 1 aliphatic rings. The lowest BCUT2D eigenvalue weighted by Crippen LogP contribution is -2.43. The monoisotopic (exact) mass is 318 g/mol. The van der Waals surface area contributed by atoms with E-state index in [-0.39, 0.29) is 11.9 Å². The van der Waals surface area contributed by atoms with Crippen LogP contribution in [0, 0.1) is 0 Å². The van der Waals surface area contributed by atoms with E-state index < -0.39 is 0 Å². The van der Waals surface area contributed by atoms with Gasteiger partial charge in [-0.05, 0) is 37.8 Å². The number of esters is 1. The Balaban J connectivity index is 1.89. The third-order valence-corrected chi connectivity index (χ3v) is 4.41. The van der Waals surface area contributed by atoms with Crippen molar-refractivity contribution in [3.63, 3.8) is 0 Å². The summed E-state index contributed by atoms with van der Waals surface area (Å²) < 4.78 is 4.77. The third-order valence-electron chi connectivity index (χ3n) is 4.41. The molecule has 1 N–H and O–H groups in total. The quantitative estimate of drug-likeness (QED) is 0.819. The van der Waals surface area contributed by atoms with E-state index in [0.29, 0.717) is 30.3 Å². The van der Waals surface area contributed by atoms with Crippen LogP contribution in [-0.2, 0) is 9.53 Å². The van der Waals surface area contributed by atoms with Crippen molar-refractivity contribution in [2.45, 2.75) is 45.1 Å². The largest absolute Gasteiger partial charge is 0.465 e. The van der Waals surface area contributed by atoms with Gasteiger partial charge in [0, 0.05) is 31.2 Å². The summed E-state index contributed by atoms with van der Waals surface area (Å²) in [4.78, 5) is 26.2. The summed E-state index contributed by atoms with van der Waals surface area (Å²) in [5, 5.41) is 3.18. The normalized spacial score (nSPS) is 17.7. The van der Waals surface area contributed by atoms with Crippen LogP contribution in [0.4, 0.5) is 5.69 Å². The summed E-state index contributed by atoms with van der Waals surface area (Å²) in [6.45, 7) is 3.52. The number of hydrogen-bond acceptors (Lipinski definition) is 4. The Morgan fingerprint density at radius 3 is 2.83 bits per heavy atom. The first-order chi connectivity index (χ1) is 11.2. The lowest BCUT2D eigenvalue weighted by molar-refractivity contribution is -0.134. The maximum atomic E-state index is 12.4. The Morgan fingerprint density at radius 2 is 2.09 bits per heavy atom. The lowest BCUT2D eigenvalue weighted by atomic mass is 9.99. The second-order valence-corrected chi connectivity index (χ2v) is 5.86. The number of carbonyl (C=O) groups is 2. The highest BCUT2D eigenvalue weighted by Gasteiger charge is 2.24. The summed E-state index contributed by atoms with van der Waals surface area (Å²) in [6.07, 6.45) is 4.88. The average molecular weight is 318 g/mol. The van der Waals surface area contributed by atoms with E-state index in [2.05, 4.69) is 12.2 Å². The van der Waals surface area contributed by atoms with Crippen molar-refractivity contribution in [1.82, 2.24) is 4.90 Å². The first-order valence-electron chi connectivity index (χ1n) is 8.38. The van der Waals surface area contributed by atoms with Crippen molar-refractivity contribution >= 4 is 17.6 Å². The Hall–Kier alpha value is -2.04. The van der Waals surface area contributed by atoms with Gasteiger partial charge in [-0.2, -0.15) is 0 Å². The number of piperidine rings is 1. The van der Waals surface area contributed by atoms with Crippen LogP contribution in [-0.4, -0.2) is 43.0 Å². The van der Waals surface area contributed by atoms with Crippen LogP contribution in [0.5, 0.6) is 0 Å². The molecule has 0 aliphatic carbocycles. The SMILES string of the molecule is CCC1CCCCN1C(=O)CCNc1ccccc1C(=O)OC. The molecule has 1 saturated heterocycles. The van der Waals surface area contributed by atoms with Crippen LogP contribution in [0.1, 0.15) is 49.4 Å². The highest BCUT2D eigenvalue weighted by Crippen LogP contribution is 2.20. The van der Waals surface area contributed by atoms with Gasteiger partial charge in [-0.15, -0.1) is 0 Å². The third kappa shape index (κ3) is 4.47. The molecule has 0 aromatic heterocycles. The van der Waals surface area contributed by atoms with Crippen LogP contribution < -0.4 is 5.32 Å². The molecule has 1 unspecified atom stereocenters. The van der Waals surface area contributed by atoms with Crippen LogP contribution in [0.3, 0.4) is 0 Å². The van der Waals surface area contributed by atoms with Gasteiger partial charge >= 0.3 is 5.97 Å². The minimum Gasteiger partial charge on any atom is -0.465 e. The van der Waals surface area contributed by atoms with E-state index in [9.17, 15) is 9.59 Å². The minimum absolute atomic E-state index is 0.194. The maximum absolute atomic E-state index is 12.4. The Bertz CT molecular complexity index is 545. The van der Waals surface area contributed by atoms with Gasteiger partial charge in [-0.1, -0.05) is 19.1 Å². The van der Waals surface area contributed by atoms with E-state index in [1.165, 1.54) is 13.5 Å². The second-order valence-electron chi connectivity index (χ2n) is 5.86. The lowest BCUT2D eigenvalue weighted by Gasteiger charge is -2.35. The number of para-hydroxylation sites is 1. The second kappa shape index (κ2) is 8.56. The highest BCUT2D eigenvalue weighted by molar-refractivity contribution is 5.95. The molecule has 2 rings (SSSR count). The molecule has 1 heterocycles.